The molecule has 2 unspecified atom stereocenters. The summed E-state index contributed by atoms with van der Waals surface area (Å²) in [6.07, 6.45) is 6.21. The van der Waals surface area contributed by atoms with Crippen molar-refractivity contribution >= 4 is 5.91 Å². The zero-order valence-electron chi connectivity index (χ0n) is 13.3. The molecule has 1 amide bonds. The molecule has 1 aliphatic heterocycles. The quantitative estimate of drug-likeness (QED) is 0.840. The molecule has 1 heterocycles. The lowest BCUT2D eigenvalue weighted by atomic mass is 9.64. The number of carbonyl (C=O) groups is 1. The highest BCUT2D eigenvalue weighted by atomic mass is 16.5. The molecule has 0 spiro atoms. The number of ether oxygens (including phenoxy) is 1. The highest BCUT2D eigenvalue weighted by molar-refractivity contribution is 5.78. The summed E-state index contributed by atoms with van der Waals surface area (Å²) in [5.74, 6) is 0.266. The van der Waals surface area contributed by atoms with Crippen molar-refractivity contribution in [2.24, 2.45) is 5.41 Å². The van der Waals surface area contributed by atoms with Gasteiger partial charge in [-0.1, -0.05) is 26.7 Å². The van der Waals surface area contributed by atoms with Crippen molar-refractivity contribution in [3.8, 4) is 0 Å². The third-order valence-electron chi connectivity index (χ3n) is 5.00. The van der Waals surface area contributed by atoms with Crippen LogP contribution in [0.4, 0.5) is 0 Å². The van der Waals surface area contributed by atoms with E-state index >= 15 is 0 Å². The van der Waals surface area contributed by atoms with Crippen molar-refractivity contribution < 1.29 is 9.53 Å². The first kappa shape index (κ1) is 15.8. The van der Waals surface area contributed by atoms with Crippen LogP contribution in [0.15, 0.2) is 0 Å². The number of nitrogens with one attached hydrogen (secondary N) is 1. The maximum Gasteiger partial charge on any atom is 0.236 e. The van der Waals surface area contributed by atoms with Gasteiger partial charge in [-0.05, 0) is 26.2 Å². The van der Waals surface area contributed by atoms with E-state index in [-0.39, 0.29) is 11.3 Å². The van der Waals surface area contributed by atoms with E-state index in [2.05, 4.69) is 19.2 Å². The molecule has 2 aliphatic rings. The van der Waals surface area contributed by atoms with Gasteiger partial charge < -0.3 is 15.0 Å². The summed E-state index contributed by atoms with van der Waals surface area (Å²) >= 11 is 0. The second kappa shape index (κ2) is 6.90. The summed E-state index contributed by atoms with van der Waals surface area (Å²) in [5, 5.41) is 3.44. The molecular weight excluding hydrogens is 252 g/mol. The van der Waals surface area contributed by atoms with Crippen molar-refractivity contribution in [1.82, 2.24) is 10.2 Å². The van der Waals surface area contributed by atoms with Gasteiger partial charge in [0.15, 0.2) is 0 Å². The fourth-order valence-electron chi connectivity index (χ4n) is 3.36. The minimum atomic E-state index is 0.134. The Balaban J connectivity index is 1.74. The van der Waals surface area contributed by atoms with Gasteiger partial charge in [0, 0.05) is 31.2 Å². The van der Waals surface area contributed by atoms with Crippen molar-refractivity contribution in [3.63, 3.8) is 0 Å². The van der Waals surface area contributed by atoms with Gasteiger partial charge in [0.2, 0.25) is 5.91 Å². The molecule has 1 N–H and O–H groups in total. The van der Waals surface area contributed by atoms with Crippen LogP contribution in [-0.2, 0) is 9.53 Å². The Morgan fingerprint density at radius 1 is 1.25 bits per heavy atom. The number of likely N-dealkylation sites (tertiary alicyclic amines) is 1. The normalized spacial score (nSPS) is 29.6. The number of rotatable bonds is 5. The Kier molecular flexibility index (Phi) is 5.44. The fourth-order valence-corrected chi connectivity index (χ4v) is 3.36. The molecule has 0 radical (unpaired) electrons. The smallest absolute Gasteiger partial charge is 0.236 e. The molecule has 1 saturated heterocycles. The molecule has 2 rings (SSSR count). The van der Waals surface area contributed by atoms with E-state index in [9.17, 15) is 4.79 Å². The van der Waals surface area contributed by atoms with Crippen molar-refractivity contribution in [2.45, 2.75) is 65.0 Å². The molecule has 20 heavy (non-hydrogen) atoms. The molecular formula is C16H30N2O2. The molecule has 0 bridgehead atoms. The number of amides is 1. The second-order valence-electron chi connectivity index (χ2n) is 6.73. The maximum atomic E-state index is 12.2. The van der Waals surface area contributed by atoms with Crippen LogP contribution in [-0.4, -0.2) is 49.2 Å². The van der Waals surface area contributed by atoms with Crippen LogP contribution in [0.5, 0.6) is 0 Å². The molecule has 0 aromatic carbocycles. The van der Waals surface area contributed by atoms with Gasteiger partial charge in [0.25, 0.3) is 0 Å². The Labute approximate surface area is 123 Å². The molecule has 2 atom stereocenters. The largest absolute Gasteiger partial charge is 0.378 e. The molecule has 1 aliphatic carbocycles. The molecule has 116 valence electrons. The van der Waals surface area contributed by atoms with E-state index in [0.717, 1.165) is 39.0 Å². The zero-order valence-corrected chi connectivity index (χ0v) is 13.3. The first-order valence-electron chi connectivity index (χ1n) is 8.18. The van der Waals surface area contributed by atoms with E-state index in [1.165, 1.54) is 12.8 Å². The lowest BCUT2D eigenvalue weighted by Crippen LogP contribution is -2.62. The van der Waals surface area contributed by atoms with Gasteiger partial charge in [-0.3, -0.25) is 4.79 Å². The summed E-state index contributed by atoms with van der Waals surface area (Å²) in [6, 6.07) is 0.398. The molecule has 2 fully saturated rings. The van der Waals surface area contributed by atoms with Gasteiger partial charge in [0.05, 0.1) is 12.6 Å². The zero-order chi connectivity index (χ0) is 14.6. The first-order chi connectivity index (χ1) is 9.55. The first-order valence-corrected chi connectivity index (χ1v) is 8.18. The van der Waals surface area contributed by atoms with Crippen molar-refractivity contribution in [3.05, 3.63) is 0 Å². The van der Waals surface area contributed by atoms with Crippen LogP contribution in [0.2, 0.25) is 0 Å². The summed E-state index contributed by atoms with van der Waals surface area (Å²) in [6.45, 7) is 9.63. The third kappa shape index (κ3) is 3.53. The summed E-state index contributed by atoms with van der Waals surface area (Å²) in [5.41, 5.74) is 0.134. The lowest BCUT2D eigenvalue weighted by Gasteiger charge is -2.52. The van der Waals surface area contributed by atoms with E-state index in [1.54, 1.807) is 0 Å². The Morgan fingerprint density at radius 2 is 1.90 bits per heavy atom. The van der Waals surface area contributed by atoms with Gasteiger partial charge in [-0.15, -0.1) is 0 Å². The average molecular weight is 282 g/mol. The predicted molar refractivity (Wildman–Crippen MR) is 80.7 cm³/mol. The minimum Gasteiger partial charge on any atom is -0.378 e. The highest BCUT2D eigenvalue weighted by Crippen LogP contribution is 2.42. The molecule has 4 heteroatoms. The standard InChI is InChI=1S/C16H30N2O2/c1-4-20-14-11-13(16(14,2)3)17-12-15(19)18-9-7-5-6-8-10-18/h13-14,17H,4-12H2,1-3H3. The van der Waals surface area contributed by atoms with Gasteiger partial charge >= 0.3 is 0 Å². The number of nitrogens with zero attached hydrogens (tertiary/aromatic N) is 1. The predicted octanol–water partition coefficient (Wildman–Crippen LogP) is 2.18. The molecule has 0 aromatic rings. The topological polar surface area (TPSA) is 41.6 Å². The minimum absolute atomic E-state index is 0.134. The van der Waals surface area contributed by atoms with Crippen LogP contribution < -0.4 is 5.32 Å². The average Bonchev–Trinajstić information content (AvgIpc) is 2.70. The lowest BCUT2D eigenvalue weighted by molar-refractivity contribution is -0.134. The van der Waals surface area contributed by atoms with Crippen LogP contribution in [0.25, 0.3) is 0 Å². The molecule has 0 aromatic heterocycles. The van der Waals surface area contributed by atoms with E-state index in [0.29, 0.717) is 18.7 Å². The van der Waals surface area contributed by atoms with Gasteiger partial charge in [-0.2, -0.15) is 0 Å². The van der Waals surface area contributed by atoms with E-state index < -0.39 is 0 Å². The number of hydrogen-bond acceptors (Lipinski definition) is 3. The summed E-state index contributed by atoms with van der Waals surface area (Å²) in [4.78, 5) is 14.3. The molecule has 4 nitrogen and oxygen atoms in total. The highest BCUT2D eigenvalue weighted by Gasteiger charge is 2.48. The van der Waals surface area contributed by atoms with Crippen LogP contribution >= 0.6 is 0 Å². The second-order valence-corrected chi connectivity index (χ2v) is 6.73. The van der Waals surface area contributed by atoms with E-state index in [4.69, 9.17) is 4.74 Å². The maximum absolute atomic E-state index is 12.2. The Morgan fingerprint density at radius 3 is 2.45 bits per heavy atom. The Bertz CT molecular complexity index is 322. The monoisotopic (exact) mass is 282 g/mol. The van der Waals surface area contributed by atoms with Crippen LogP contribution in [0, 0.1) is 5.41 Å². The number of hydrogen-bond donors (Lipinski definition) is 1. The van der Waals surface area contributed by atoms with Crippen LogP contribution in [0.3, 0.4) is 0 Å². The van der Waals surface area contributed by atoms with Crippen molar-refractivity contribution in [2.75, 3.05) is 26.2 Å². The fraction of sp³-hybridized carbons (Fsp3) is 0.938. The summed E-state index contributed by atoms with van der Waals surface area (Å²) < 4.78 is 5.73. The van der Waals surface area contributed by atoms with Gasteiger partial charge in [0.1, 0.15) is 0 Å². The number of carbonyl (C=O) groups excluding carboxylic acids is 1. The van der Waals surface area contributed by atoms with Gasteiger partial charge in [-0.25, -0.2) is 0 Å². The van der Waals surface area contributed by atoms with Crippen LogP contribution in [0.1, 0.15) is 52.9 Å². The SMILES string of the molecule is CCOC1CC(NCC(=O)N2CCCCCC2)C1(C)C. The third-order valence-corrected chi connectivity index (χ3v) is 5.00. The van der Waals surface area contributed by atoms with Crippen molar-refractivity contribution in [1.29, 1.82) is 0 Å². The Hall–Kier alpha value is -0.610. The molecule has 1 saturated carbocycles. The van der Waals surface area contributed by atoms with E-state index in [1.807, 2.05) is 11.8 Å². The summed E-state index contributed by atoms with van der Waals surface area (Å²) in [7, 11) is 0.